The lowest BCUT2D eigenvalue weighted by molar-refractivity contribution is -0.136. The molecule has 78 valence electrons. The van der Waals surface area contributed by atoms with Crippen LogP contribution >= 0.6 is 11.6 Å². The van der Waals surface area contributed by atoms with E-state index in [1.807, 2.05) is 20.8 Å². The van der Waals surface area contributed by atoms with E-state index in [4.69, 9.17) is 16.7 Å². The number of hydrogen-bond donors (Lipinski definition) is 1. The lowest BCUT2D eigenvalue weighted by Gasteiger charge is -2.06. The molecule has 0 aliphatic heterocycles. The summed E-state index contributed by atoms with van der Waals surface area (Å²) < 4.78 is 1.64. The van der Waals surface area contributed by atoms with Crippen molar-refractivity contribution in [1.29, 1.82) is 0 Å². The minimum atomic E-state index is -1.02. The van der Waals surface area contributed by atoms with Gasteiger partial charge in [-0.25, -0.2) is 0 Å². The lowest BCUT2D eigenvalue weighted by atomic mass is 10.2. The van der Waals surface area contributed by atoms with Gasteiger partial charge in [0, 0.05) is 5.69 Å². The lowest BCUT2D eigenvalue weighted by Crippen LogP contribution is -2.21. The number of halogens is 1. The van der Waals surface area contributed by atoms with Gasteiger partial charge in [-0.05, 0) is 26.3 Å². The molecule has 0 aliphatic carbocycles. The van der Waals surface area contributed by atoms with E-state index >= 15 is 0 Å². The van der Waals surface area contributed by atoms with Crippen molar-refractivity contribution >= 4 is 17.6 Å². The molecule has 14 heavy (non-hydrogen) atoms. The zero-order valence-electron chi connectivity index (χ0n) is 8.41. The molecule has 4 nitrogen and oxygen atoms in total. The SMILES string of the molecule is Cc1nn(CC(Cl)C(=O)O)c(C)c1C. The van der Waals surface area contributed by atoms with E-state index in [1.54, 1.807) is 4.68 Å². The van der Waals surface area contributed by atoms with Gasteiger partial charge in [-0.1, -0.05) is 0 Å². The van der Waals surface area contributed by atoms with Gasteiger partial charge < -0.3 is 5.11 Å². The third kappa shape index (κ3) is 2.07. The summed E-state index contributed by atoms with van der Waals surface area (Å²) in [5, 5.41) is 11.9. The fourth-order valence-corrected chi connectivity index (χ4v) is 1.32. The molecule has 5 heteroatoms. The van der Waals surface area contributed by atoms with Crippen molar-refractivity contribution in [3.05, 3.63) is 17.0 Å². The van der Waals surface area contributed by atoms with Gasteiger partial charge >= 0.3 is 5.97 Å². The van der Waals surface area contributed by atoms with Gasteiger partial charge in [-0.3, -0.25) is 9.48 Å². The highest BCUT2D eigenvalue weighted by Gasteiger charge is 2.17. The van der Waals surface area contributed by atoms with Gasteiger partial charge in [0.2, 0.25) is 0 Å². The first-order chi connectivity index (χ1) is 6.43. The molecule has 1 atom stereocenters. The van der Waals surface area contributed by atoms with Crippen LogP contribution in [-0.4, -0.2) is 26.2 Å². The fraction of sp³-hybridized carbons (Fsp3) is 0.556. The molecule has 1 heterocycles. The first-order valence-corrected chi connectivity index (χ1v) is 4.74. The highest BCUT2D eigenvalue weighted by Crippen LogP contribution is 2.12. The van der Waals surface area contributed by atoms with Gasteiger partial charge in [0.25, 0.3) is 0 Å². The molecule has 0 fully saturated rings. The molecule has 1 unspecified atom stereocenters. The number of carbonyl (C=O) groups is 1. The van der Waals surface area contributed by atoms with E-state index in [0.29, 0.717) is 0 Å². The van der Waals surface area contributed by atoms with Crippen molar-refractivity contribution < 1.29 is 9.90 Å². The maximum Gasteiger partial charge on any atom is 0.323 e. The van der Waals surface area contributed by atoms with Gasteiger partial charge in [0.15, 0.2) is 5.38 Å². The number of aliphatic carboxylic acids is 1. The summed E-state index contributed by atoms with van der Waals surface area (Å²) in [5.74, 6) is -1.02. The molecule has 0 saturated carbocycles. The predicted octanol–water partition coefficient (Wildman–Crippen LogP) is 1.50. The first-order valence-electron chi connectivity index (χ1n) is 4.31. The van der Waals surface area contributed by atoms with Gasteiger partial charge in [0.1, 0.15) is 0 Å². The van der Waals surface area contributed by atoms with E-state index in [1.165, 1.54) is 0 Å². The van der Waals surface area contributed by atoms with Crippen molar-refractivity contribution in [3.8, 4) is 0 Å². The Bertz CT molecular complexity index is 360. The van der Waals surface area contributed by atoms with E-state index in [0.717, 1.165) is 17.0 Å². The Morgan fingerprint density at radius 3 is 2.50 bits per heavy atom. The zero-order chi connectivity index (χ0) is 10.9. The molecule has 0 amide bonds. The van der Waals surface area contributed by atoms with Crippen molar-refractivity contribution in [2.75, 3.05) is 0 Å². The van der Waals surface area contributed by atoms with Crippen molar-refractivity contribution in [2.45, 2.75) is 32.7 Å². The number of carboxylic acids is 1. The number of carboxylic acid groups (broad SMARTS) is 1. The molecule has 0 spiro atoms. The van der Waals surface area contributed by atoms with Crippen LogP contribution in [-0.2, 0) is 11.3 Å². The highest BCUT2D eigenvalue weighted by atomic mass is 35.5. The maximum absolute atomic E-state index is 10.5. The molecule has 1 rings (SSSR count). The quantitative estimate of drug-likeness (QED) is 0.780. The van der Waals surface area contributed by atoms with Crippen LogP contribution in [0.4, 0.5) is 0 Å². The molecule has 1 aromatic rings. The van der Waals surface area contributed by atoms with E-state index < -0.39 is 11.3 Å². The van der Waals surface area contributed by atoms with Crippen LogP contribution in [0.5, 0.6) is 0 Å². The molecule has 0 bridgehead atoms. The van der Waals surface area contributed by atoms with Crippen LogP contribution in [0.2, 0.25) is 0 Å². The Kier molecular flexibility index (Phi) is 3.16. The monoisotopic (exact) mass is 216 g/mol. The number of aromatic nitrogens is 2. The van der Waals surface area contributed by atoms with Crippen LogP contribution in [0.1, 0.15) is 17.0 Å². The number of nitrogens with zero attached hydrogens (tertiary/aromatic N) is 2. The first kappa shape index (κ1) is 11.0. The number of hydrogen-bond acceptors (Lipinski definition) is 2. The Morgan fingerprint density at radius 1 is 1.57 bits per heavy atom. The molecule has 0 aromatic carbocycles. The van der Waals surface area contributed by atoms with Crippen molar-refractivity contribution in [3.63, 3.8) is 0 Å². The summed E-state index contributed by atoms with van der Waals surface area (Å²) in [4.78, 5) is 10.5. The van der Waals surface area contributed by atoms with Crippen LogP contribution in [0.15, 0.2) is 0 Å². The molecule has 0 aliphatic rings. The van der Waals surface area contributed by atoms with Gasteiger partial charge in [-0.2, -0.15) is 5.10 Å². The Morgan fingerprint density at radius 2 is 2.14 bits per heavy atom. The Balaban J connectivity index is 2.87. The standard InChI is InChI=1S/C9H13ClN2O2/c1-5-6(2)11-12(7(5)3)4-8(10)9(13)14/h8H,4H2,1-3H3,(H,13,14). The maximum atomic E-state index is 10.5. The van der Waals surface area contributed by atoms with Crippen LogP contribution in [0.25, 0.3) is 0 Å². The summed E-state index contributed by atoms with van der Waals surface area (Å²) in [6.45, 7) is 5.96. The van der Waals surface area contributed by atoms with Crippen molar-refractivity contribution in [1.82, 2.24) is 9.78 Å². The van der Waals surface area contributed by atoms with E-state index in [-0.39, 0.29) is 6.54 Å². The molecular formula is C9H13ClN2O2. The predicted molar refractivity (Wildman–Crippen MR) is 53.7 cm³/mol. The minimum Gasteiger partial charge on any atom is -0.480 e. The summed E-state index contributed by atoms with van der Waals surface area (Å²) in [7, 11) is 0. The van der Waals surface area contributed by atoms with Crippen molar-refractivity contribution in [2.24, 2.45) is 0 Å². The zero-order valence-corrected chi connectivity index (χ0v) is 9.17. The van der Waals surface area contributed by atoms with Crippen LogP contribution in [0.3, 0.4) is 0 Å². The number of alkyl halides is 1. The summed E-state index contributed by atoms with van der Waals surface area (Å²) >= 11 is 5.62. The highest BCUT2D eigenvalue weighted by molar-refractivity contribution is 6.29. The van der Waals surface area contributed by atoms with E-state index in [9.17, 15) is 4.79 Å². The Hall–Kier alpha value is -1.03. The third-order valence-corrected chi connectivity index (χ3v) is 2.67. The average molecular weight is 217 g/mol. The summed E-state index contributed by atoms with van der Waals surface area (Å²) in [6, 6.07) is 0. The summed E-state index contributed by atoms with van der Waals surface area (Å²) in [5.41, 5.74) is 2.96. The average Bonchev–Trinajstić information content (AvgIpc) is 2.33. The van der Waals surface area contributed by atoms with Crippen LogP contribution < -0.4 is 0 Å². The Labute approximate surface area is 87.5 Å². The fourth-order valence-electron chi connectivity index (χ4n) is 1.19. The van der Waals surface area contributed by atoms with Gasteiger partial charge in [-0.15, -0.1) is 11.6 Å². The largest absolute Gasteiger partial charge is 0.480 e. The third-order valence-electron chi connectivity index (χ3n) is 2.34. The molecule has 0 radical (unpaired) electrons. The molecule has 1 N–H and O–H groups in total. The smallest absolute Gasteiger partial charge is 0.323 e. The summed E-state index contributed by atoms with van der Waals surface area (Å²) in [6.07, 6.45) is 0. The normalized spacial score (nSPS) is 12.9. The molecule has 0 saturated heterocycles. The second-order valence-electron chi connectivity index (χ2n) is 3.28. The van der Waals surface area contributed by atoms with Gasteiger partial charge in [0.05, 0.1) is 12.2 Å². The number of rotatable bonds is 3. The number of aryl methyl sites for hydroxylation is 1. The topological polar surface area (TPSA) is 55.1 Å². The molecule has 1 aromatic heterocycles. The minimum absolute atomic E-state index is 0.206. The second-order valence-corrected chi connectivity index (χ2v) is 3.81. The second kappa shape index (κ2) is 4.00. The van der Waals surface area contributed by atoms with Crippen LogP contribution in [0, 0.1) is 20.8 Å². The van der Waals surface area contributed by atoms with E-state index in [2.05, 4.69) is 5.10 Å². The molecular weight excluding hydrogens is 204 g/mol.